The maximum atomic E-state index is 10.6. The fourth-order valence-electron chi connectivity index (χ4n) is 0.972. The third-order valence-electron chi connectivity index (χ3n) is 1.71. The molecule has 16 heavy (non-hydrogen) atoms. The van der Waals surface area contributed by atoms with Gasteiger partial charge in [-0.05, 0) is 12.8 Å². The van der Waals surface area contributed by atoms with Crippen molar-refractivity contribution in [1.82, 2.24) is 0 Å². The van der Waals surface area contributed by atoms with Gasteiger partial charge in [-0.3, -0.25) is 4.55 Å². The zero-order valence-corrected chi connectivity index (χ0v) is 12.3. The Balaban J connectivity index is 0. The standard InChI is InChI=1S/C9H16O5S.Na/c1-2-9(10)14-7-5-3-4-6-8-15(11,12)13;/h2H,1,3-8H2,(H,11,12,13);. The summed E-state index contributed by atoms with van der Waals surface area (Å²) in [5.41, 5.74) is 0. The second-order valence-corrected chi connectivity index (χ2v) is 4.64. The first-order chi connectivity index (χ1) is 6.95. The van der Waals surface area contributed by atoms with Gasteiger partial charge in [0.05, 0.1) is 12.4 Å². The number of hydrogen-bond donors (Lipinski definition) is 1. The Labute approximate surface area is 118 Å². The molecule has 0 rings (SSSR count). The fraction of sp³-hybridized carbons (Fsp3) is 0.667. The van der Waals surface area contributed by atoms with E-state index in [0.717, 1.165) is 12.5 Å². The molecule has 0 aromatic rings. The van der Waals surface area contributed by atoms with Gasteiger partial charge in [-0.1, -0.05) is 19.4 Å². The van der Waals surface area contributed by atoms with Crippen LogP contribution in [0.4, 0.5) is 0 Å². The van der Waals surface area contributed by atoms with Crippen LogP contribution in [0, 0.1) is 0 Å². The van der Waals surface area contributed by atoms with Crippen LogP contribution in [0.2, 0.25) is 0 Å². The molecular formula is C9H16NaO5S. The van der Waals surface area contributed by atoms with Crippen molar-refractivity contribution in [2.45, 2.75) is 25.7 Å². The molecule has 0 saturated carbocycles. The van der Waals surface area contributed by atoms with E-state index < -0.39 is 16.1 Å². The smallest absolute Gasteiger partial charge is 0.330 e. The third-order valence-corrected chi connectivity index (χ3v) is 2.51. The first-order valence-electron chi connectivity index (χ1n) is 4.70. The Bertz CT molecular complexity index is 299. The SMILES string of the molecule is C=CC(=O)OCCCCCCS(=O)(=O)O.[Na]. The first kappa shape index (κ1) is 18.5. The molecule has 0 amide bonds. The molecule has 0 aliphatic heterocycles. The number of ether oxygens (including phenoxy) is 1. The third kappa shape index (κ3) is 14.1. The van der Waals surface area contributed by atoms with Crippen molar-refractivity contribution >= 4 is 45.6 Å². The molecule has 0 aliphatic carbocycles. The summed E-state index contributed by atoms with van der Waals surface area (Å²) < 4.78 is 33.8. The van der Waals surface area contributed by atoms with Crippen molar-refractivity contribution < 1.29 is 22.5 Å². The number of rotatable bonds is 8. The second kappa shape index (κ2) is 10.3. The number of esters is 1. The van der Waals surface area contributed by atoms with E-state index in [2.05, 4.69) is 6.58 Å². The van der Waals surface area contributed by atoms with Crippen LogP contribution in [0.1, 0.15) is 25.7 Å². The minimum atomic E-state index is -3.83. The molecule has 0 saturated heterocycles. The van der Waals surface area contributed by atoms with E-state index in [4.69, 9.17) is 9.29 Å². The van der Waals surface area contributed by atoms with Crippen LogP contribution >= 0.6 is 0 Å². The molecule has 7 heteroatoms. The van der Waals surface area contributed by atoms with Crippen LogP contribution in [0.15, 0.2) is 12.7 Å². The summed E-state index contributed by atoms with van der Waals surface area (Å²) in [7, 11) is -3.83. The summed E-state index contributed by atoms with van der Waals surface area (Å²) >= 11 is 0. The molecular weight excluding hydrogens is 243 g/mol. The van der Waals surface area contributed by atoms with Gasteiger partial charge in [0.2, 0.25) is 0 Å². The summed E-state index contributed by atoms with van der Waals surface area (Å²) in [5, 5.41) is 0. The van der Waals surface area contributed by atoms with Crippen molar-refractivity contribution in [2.75, 3.05) is 12.4 Å². The fourth-order valence-corrected chi connectivity index (χ4v) is 1.54. The van der Waals surface area contributed by atoms with E-state index in [1.54, 1.807) is 0 Å². The molecule has 89 valence electrons. The van der Waals surface area contributed by atoms with Gasteiger partial charge in [0, 0.05) is 35.6 Å². The Morgan fingerprint density at radius 1 is 1.25 bits per heavy atom. The first-order valence-corrected chi connectivity index (χ1v) is 6.31. The summed E-state index contributed by atoms with van der Waals surface area (Å²) in [6, 6.07) is 0. The minimum absolute atomic E-state index is 0. The van der Waals surface area contributed by atoms with Gasteiger partial charge in [0.25, 0.3) is 10.1 Å². The molecule has 0 atom stereocenters. The molecule has 0 aliphatic rings. The average Bonchev–Trinajstić information content (AvgIpc) is 2.14. The molecule has 0 heterocycles. The monoisotopic (exact) mass is 259 g/mol. The van der Waals surface area contributed by atoms with Gasteiger partial charge >= 0.3 is 5.97 Å². The van der Waals surface area contributed by atoms with E-state index in [0.29, 0.717) is 25.9 Å². The Morgan fingerprint density at radius 2 is 1.81 bits per heavy atom. The van der Waals surface area contributed by atoms with Crippen LogP contribution in [-0.4, -0.2) is 60.9 Å². The van der Waals surface area contributed by atoms with Gasteiger partial charge in [0.15, 0.2) is 0 Å². The van der Waals surface area contributed by atoms with Crippen molar-refractivity contribution in [3.05, 3.63) is 12.7 Å². The zero-order chi connectivity index (χ0) is 11.7. The predicted octanol–water partition coefficient (Wildman–Crippen LogP) is 0.783. The predicted molar refractivity (Wildman–Crippen MR) is 61.8 cm³/mol. The number of unbranched alkanes of at least 4 members (excludes halogenated alkanes) is 3. The van der Waals surface area contributed by atoms with Crippen LogP contribution in [0.3, 0.4) is 0 Å². The van der Waals surface area contributed by atoms with Crippen LogP contribution in [-0.2, 0) is 19.6 Å². The summed E-state index contributed by atoms with van der Waals surface area (Å²) in [6.07, 6.45) is 3.66. The largest absolute Gasteiger partial charge is 0.463 e. The van der Waals surface area contributed by atoms with E-state index in [-0.39, 0.29) is 35.3 Å². The summed E-state index contributed by atoms with van der Waals surface area (Å²) in [5.74, 6) is -0.660. The molecule has 0 unspecified atom stereocenters. The molecule has 5 nitrogen and oxygen atoms in total. The maximum absolute atomic E-state index is 10.6. The summed E-state index contributed by atoms with van der Waals surface area (Å²) in [4.78, 5) is 10.6. The van der Waals surface area contributed by atoms with Crippen molar-refractivity contribution in [3.8, 4) is 0 Å². The van der Waals surface area contributed by atoms with Gasteiger partial charge in [-0.25, -0.2) is 4.79 Å². The topological polar surface area (TPSA) is 80.7 Å². The quantitative estimate of drug-likeness (QED) is 0.229. The van der Waals surface area contributed by atoms with E-state index in [1.165, 1.54) is 0 Å². The van der Waals surface area contributed by atoms with E-state index in [1.807, 2.05) is 0 Å². The van der Waals surface area contributed by atoms with Crippen molar-refractivity contribution in [1.29, 1.82) is 0 Å². The van der Waals surface area contributed by atoms with Crippen molar-refractivity contribution in [3.63, 3.8) is 0 Å². The molecule has 1 radical (unpaired) electrons. The van der Waals surface area contributed by atoms with Crippen molar-refractivity contribution in [2.24, 2.45) is 0 Å². The number of hydrogen-bond acceptors (Lipinski definition) is 4. The van der Waals surface area contributed by atoms with Crippen LogP contribution < -0.4 is 0 Å². The molecule has 0 spiro atoms. The molecule has 0 fully saturated rings. The number of carbonyl (C=O) groups excluding carboxylic acids is 1. The minimum Gasteiger partial charge on any atom is -0.463 e. The van der Waals surface area contributed by atoms with Crippen LogP contribution in [0.25, 0.3) is 0 Å². The zero-order valence-electron chi connectivity index (χ0n) is 9.52. The Kier molecular flexibility index (Phi) is 11.9. The Hall–Kier alpha value is 0.120. The number of carbonyl (C=O) groups is 1. The second-order valence-electron chi connectivity index (χ2n) is 3.07. The van der Waals surface area contributed by atoms with E-state index in [9.17, 15) is 13.2 Å². The summed E-state index contributed by atoms with van der Waals surface area (Å²) in [6.45, 7) is 3.56. The normalized spacial score (nSPS) is 10.3. The average molecular weight is 259 g/mol. The van der Waals surface area contributed by atoms with E-state index >= 15 is 0 Å². The molecule has 1 N–H and O–H groups in total. The molecule has 0 aromatic heterocycles. The Morgan fingerprint density at radius 3 is 2.31 bits per heavy atom. The van der Waals surface area contributed by atoms with Gasteiger partial charge in [-0.15, -0.1) is 0 Å². The maximum Gasteiger partial charge on any atom is 0.330 e. The molecule has 0 aromatic carbocycles. The molecule has 0 bridgehead atoms. The van der Waals surface area contributed by atoms with Gasteiger partial charge < -0.3 is 4.74 Å². The van der Waals surface area contributed by atoms with Crippen LogP contribution in [0.5, 0.6) is 0 Å². The van der Waals surface area contributed by atoms with Gasteiger partial charge in [0.1, 0.15) is 0 Å². The van der Waals surface area contributed by atoms with Gasteiger partial charge in [-0.2, -0.15) is 8.42 Å².